The van der Waals surface area contributed by atoms with Crippen molar-refractivity contribution in [2.75, 3.05) is 35.5 Å². The molecule has 0 aliphatic rings. The zero-order chi connectivity index (χ0) is 28.1. The van der Waals surface area contributed by atoms with E-state index in [9.17, 15) is 0 Å². The minimum Gasteiger partial charge on any atom is -0.497 e. The van der Waals surface area contributed by atoms with Gasteiger partial charge in [0.1, 0.15) is 11.5 Å². The van der Waals surface area contributed by atoms with Gasteiger partial charge in [-0.1, -0.05) is 23.7 Å². The topological polar surface area (TPSA) is 71.9 Å². The van der Waals surface area contributed by atoms with E-state index in [0.29, 0.717) is 34.3 Å². The van der Waals surface area contributed by atoms with Gasteiger partial charge in [-0.25, -0.2) is 0 Å². The number of nitrogens with zero attached hydrogens (tertiary/aromatic N) is 2. The first-order valence-corrected chi connectivity index (χ1v) is 12.3. The summed E-state index contributed by atoms with van der Waals surface area (Å²) in [6.45, 7) is 0. The second-order valence-corrected chi connectivity index (χ2v) is 8.56. The van der Waals surface area contributed by atoms with Gasteiger partial charge in [-0.3, -0.25) is 9.97 Å². The molecular weight excluding hydrogens is 504 g/mol. The predicted molar refractivity (Wildman–Crippen MR) is 155 cm³/mol. The lowest BCUT2D eigenvalue weighted by atomic mass is 9.96. The Bertz CT molecular complexity index is 1810. The molecule has 0 radical (unpaired) electrons. The standard InChI is InChI=1S/C33H26N2O5/c1-36-23-16-21(17-24(20-23)37-2)10-12-25-26(13-11-22-18-29(38-3)33(40-5)30(19-22)39-4)28-9-7-15-35-32(28)31-27(25)8-6-14-34-31/h6-9,14-20H,1-5H3. The Morgan fingerprint density at radius 2 is 1.00 bits per heavy atom. The Balaban J connectivity index is 1.77. The van der Waals surface area contributed by atoms with Crippen molar-refractivity contribution in [3.63, 3.8) is 0 Å². The summed E-state index contributed by atoms with van der Waals surface area (Å²) in [7, 11) is 7.93. The second kappa shape index (κ2) is 11.6. The third-order valence-corrected chi connectivity index (χ3v) is 6.31. The lowest BCUT2D eigenvalue weighted by Crippen LogP contribution is -1.96. The SMILES string of the molecule is COc1cc(C#Cc2c(C#Cc3cc(OC)c(OC)c(OC)c3)c3cccnc3c3ncccc23)cc(OC)c1. The number of ether oxygens (including phenoxy) is 5. The molecular formula is C33H26N2O5. The average Bonchev–Trinajstić information content (AvgIpc) is 3.01. The maximum Gasteiger partial charge on any atom is 0.203 e. The summed E-state index contributed by atoms with van der Waals surface area (Å²) >= 11 is 0. The Hall–Kier alpha value is -5.40. The van der Waals surface area contributed by atoms with E-state index >= 15 is 0 Å². The molecule has 7 heteroatoms. The quantitative estimate of drug-likeness (QED) is 0.216. The molecule has 0 aliphatic heterocycles. The zero-order valence-corrected chi connectivity index (χ0v) is 22.8. The fourth-order valence-corrected chi connectivity index (χ4v) is 4.42. The smallest absolute Gasteiger partial charge is 0.203 e. The van der Waals surface area contributed by atoms with Gasteiger partial charge in [0, 0.05) is 40.4 Å². The molecule has 198 valence electrons. The van der Waals surface area contributed by atoms with Crippen molar-refractivity contribution in [2.45, 2.75) is 0 Å². The van der Waals surface area contributed by atoms with Crippen LogP contribution in [0.25, 0.3) is 21.8 Å². The van der Waals surface area contributed by atoms with Gasteiger partial charge in [0.25, 0.3) is 0 Å². The number of benzene rings is 3. The van der Waals surface area contributed by atoms with Gasteiger partial charge in [-0.15, -0.1) is 0 Å². The van der Waals surface area contributed by atoms with E-state index in [-0.39, 0.29) is 0 Å². The van der Waals surface area contributed by atoms with E-state index in [1.807, 2.05) is 48.5 Å². The normalized spacial score (nSPS) is 10.2. The first-order valence-electron chi connectivity index (χ1n) is 12.3. The van der Waals surface area contributed by atoms with E-state index in [1.54, 1.807) is 54.0 Å². The molecule has 7 nitrogen and oxygen atoms in total. The molecule has 5 aromatic rings. The molecule has 3 aromatic carbocycles. The summed E-state index contributed by atoms with van der Waals surface area (Å²) in [4.78, 5) is 9.28. The molecule has 2 aromatic heterocycles. The Morgan fingerprint density at radius 3 is 1.43 bits per heavy atom. The van der Waals surface area contributed by atoms with Gasteiger partial charge in [-0.05, 0) is 48.5 Å². The van der Waals surface area contributed by atoms with Crippen LogP contribution in [-0.2, 0) is 0 Å². The van der Waals surface area contributed by atoms with E-state index in [1.165, 1.54) is 0 Å². The van der Waals surface area contributed by atoms with Crippen LogP contribution in [0, 0.1) is 23.7 Å². The highest BCUT2D eigenvalue weighted by molar-refractivity contribution is 6.09. The summed E-state index contributed by atoms with van der Waals surface area (Å²) in [5.41, 5.74) is 4.41. The van der Waals surface area contributed by atoms with E-state index in [0.717, 1.165) is 38.5 Å². The first-order chi connectivity index (χ1) is 19.6. The molecule has 0 amide bonds. The van der Waals surface area contributed by atoms with Crippen LogP contribution in [0.4, 0.5) is 0 Å². The van der Waals surface area contributed by atoms with Crippen LogP contribution in [0.1, 0.15) is 22.3 Å². The number of hydrogen-bond acceptors (Lipinski definition) is 7. The highest BCUT2D eigenvalue weighted by Crippen LogP contribution is 2.38. The van der Waals surface area contributed by atoms with Crippen molar-refractivity contribution in [3.05, 3.63) is 89.2 Å². The summed E-state index contributed by atoms with van der Waals surface area (Å²) < 4.78 is 27.3. The first kappa shape index (κ1) is 26.2. The fraction of sp³-hybridized carbons (Fsp3) is 0.152. The molecule has 0 saturated heterocycles. The molecule has 0 N–H and O–H groups in total. The minimum atomic E-state index is 0.502. The Labute approximate surface area is 232 Å². The third-order valence-electron chi connectivity index (χ3n) is 6.31. The molecule has 0 fully saturated rings. The fourth-order valence-electron chi connectivity index (χ4n) is 4.42. The monoisotopic (exact) mass is 530 g/mol. The van der Waals surface area contributed by atoms with E-state index in [2.05, 4.69) is 33.6 Å². The second-order valence-electron chi connectivity index (χ2n) is 8.56. The highest BCUT2D eigenvalue weighted by Gasteiger charge is 2.15. The third kappa shape index (κ3) is 5.01. The molecule has 0 bridgehead atoms. The minimum absolute atomic E-state index is 0.502. The highest BCUT2D eigenvalue weighted by atomic mass is 16.5. The molecule has 2 heterocycles. The number of fused-ring (bicyclic) bond motifs is 3. The summed E-state index contributed by atoms with van der Waals surface area (Å²) in [6, 6.07) is 16.9. The van der Waals surface area contributed by atoms with Gasteiger partial charge in [0.15, 0.2) is 11.5 Å². The number of hydrogen-bond donors (Lipinski definition) is 0. The van der Waals surface area contributed by atoms with Gasteiger partial charge in [0.2, 0.25) is 5.75 Å². The van der Waals surface area contributed by atoms with Crippen LogP contribution in [-0.4, -0.2) is 45.5 Å². The number of rotatable bonds is 5. The predicted octanol–water partition coefficient (Wildman–Crippen LogP) is 5.63. The van der Waals surface area contributed by atoms with Crippen molar-refractivity contribution in [1.82, 2.24) is 9.97 Å². The van der Waals surface area contributed by atoms with Gasteiger partial charge in [-0.2, -0.15) is 0 Å². The molecule has 0 unspecified atom stereocenters. The van der Waals surface area contributed by atoms with Crippen LogP contribution in [0.15, 0.2) is 67.0 Å². The van der Waals surface area contributed by atoms with Gasteiger partial charge in [0.05, 0.1) is 57.7 Å². The van der Waals surface area contributed by atoms with Crippen molar-refractivity contribution >= 4 is 21.8 Å². The van der Waals surface area contributed by atoms with Gasteiger partial charge < -0.3 is 23.7 Å². The molecule has 0 spiro atoms. The van der Waals surface area contributed by atoms with Crippen LogP contribution in [0.2, 0.25) is 0 Å². The molecule has 0 atom stereocenters. The maximum absolute atomic E-state index is 5.51. The zero-order valence-electron chi connectivity index (χ0n) is 22.8. The van der Waals surface area contributed by atoms with Crippen molar-refractivity contribution < 1.29 is 23.7 Å². The summed E-state index contributed by atoms with van der Waals surface area (Å²) in [6.07, 6.45) is 3.50. The van der Waals surface area contributed by atoms with Crippen LogP contribution < -0.4 is 23.7 Å². The molecule has 0 saturated carbocycles. The molecule has 40 heavy (non-hydrogen) atoms. The van der Waals surface area contributed by atoms with E-state index in [4.69, 9.17) is 23.7 Å². The lowest BCUT2D eigenvalue weighted by Gasteiger charge is -2.12. The average molecular weight is 531 g/mol. The van der Waals surface area contributed by atoms with Crippen LogP contribution in [0.5, 0.6) is 28.7 Å². The van der Waals surface area contributed by atoms with Crippen LogP contribution >= 0.6 is 0 Å². The number of methoxy groups -OCH3 is 5. The van der Waals surface area contributed by atoms with Gasteiger partial charge >= 0.3 is 0 Å². The Kier molecular flexibility index (Phi) is 7.57. The van der Waals surface area contributed by atoms with E-state index < -0.39 is 0 Å². The largest absolute Gasteiger partial charge is 0.497 e. The molecule has 5 rings (SSSR count). The van der Waals surface area contributed by atoms with Crippen molar-refractivity contribution in [2.24, 2.45) is 0 Å². The van der Waals surface area contributed by atoms with Crippen molar-refractivity contribution in [3.8, 4) is 52.4 Å². The van der Waals surface area contributed by atoms with Crippen molar-refractivity contribution in [1.29, 1.82) is 0 Å². The summed E-state index contributed by atoms with van der Waals surface area (Å²) in [5.74, 6) is 16.1. The number of aromatic nitrogens is 2. The summed E-state index contributed by atoms with van der Waals surface area (Å²) in [5, 5.41) is 1.70. The number of pyridine rings is 2. The lowest BCUT2D eigenvalue weighted by molar-refractivity contribution is 0.324. The maximum atomic E-state index is 5.51. The molecule has 0 aliphatic carbocycles. The van der Waals surface area contributed by atoms with Crippen LogP contribution in [0.3, 0.4) is 0 Å². The Morgan fingerprint density at radius 1 is 0.525 bits per heavy atom.